The number of methoxy groups -OCH3 is 1. The molecule has 23 heavy (non-hydrogen) atoms. The maximum absolute atomic E-state index is 11.0. The van der Waals surface area contributed by atoms with Crippen molar-refractivity contribution in [3.05, 3.63) is 54.1 Å². The van der Waals surface area contributed by atoms with Gasteiger partial charge in [-0.1, -0.05) is 43.3 Å². The number of aliphatic carboxylic acids is 1. The average molecular weight is 313 g/mol. The Morgan fingerprint density at radius 1 is 1.17 bits per heavy atom. The van der Waals surface area contributed by atoms with Gasteiger partial charge in [-0.2, -0.15) is 0 Å². The summed E-state index contributed by atoms with van der Waals surface area (Å²) in [7, 11) is 3.58. The first-order chi connectivity index (χ1) is 11.0. The number of benzene rings is 2. The van der Waals surface area contributed by atoms with Crippen molar-refractivity contribution < 1.29 is 14.6 Å². The molecule has 1 atom stereocenters. The number of carboxylic acid groups (broad SMARTS) is 1. The Balaban J connectivity index is 2.21. The maximum Gasteiger partial charge on any atom is 0.307 e. The molecular weight excluding hydrogens is 290 g/mol. The van der Waals surface area contributed by atoms with Crippen molar-refractivity contribution in [3.8, 4) is 16.9 Å². The van der Waals surface area contributed by atoms with Crippen LogP contribution in [0.3, 0.4) is 0 Å². The number of ether oxygens (including phenoxy) is 1. The molecule has 0 radical (unpaired) electrons. The summed E-state index contributed by atoms with van der Waals surface area (Å²) in [4.78, 5) is 13.0. The Kier molecular flexibility index (Phi) is 5.77. The van der Waals surface area contributed by atoms with Crippen LogP contribution in [0.4, 0.5) is 0 Å². The van der Waals surface area contributed by atoms with Gasteiger partial charge in [-0.3, -0.25) is 4.79 Å². The summed E-state index contributed by atoms with van der Waals surface area (Å²) in [6.07, 6.45) is 0. The van der Waals surface area contributed by atoms with Crippen LogP contribution in [-0.4, -0.2) is 36.7 Å². The number of carbonyl (C=O) groups is 1. The Morgan fingerprint density at radius 3 is 2.48 bits per heavy atom. The van der Waals surface area contributed by atoms with Gasteiger partial charge in [0.25, 0.3) is 0 Å². The lowest BCUT2D eigenvalue weighted by atomic mass is 10.0. The molecule has 0 fully saturated rings. The minimum atomic E-state index is -0.776. The highest BCUT2D eigenvalue weighted by molar-refractivity contribution is 5.69. The third kappa shape index (κ3) is 4.57. The minimum absolute atomic E-state index is 0.400. The lowest BCUT2D eigenvalue weighted by molar-refractivity contribution is -0.141. The zero-order valence-corrected chi connectivity index (χ0v) is 13.8. The molecule has 0 aliphatic heterocycles. The maximum atomic E-state index is 11.0. The molecule has 0 aromatic heterocycles. The fourth-order valence-corrected chi connectivity index (χ4v) is 2.61. The first-order valence-corrected chi connectivity index (χ1v) is 7.65. The predicted octanol–water partition coefficient (Wildman–Crippen LogP) is 3.51. The second kappa shape index (κ2) is 7.79. The van der Waals surface area contributed by atoms with Crippen LogP contribution in [0.15, 0.2) is 48.5 Å². The number of nitrogens with zero attached hydrogens (tertiary/aromatic N) is 1. The van der Waals surface area contributed by atoms with Gasteiger partial charge >= 0.3 is 5.97 Å². The molecule has 0 amide bonds. The summed E-state index contributed by atoms with van der Waals surface area (Å²) in [6, 6.07) is 16.3. The fraction of sp³-hybridized carbons (Fsp3) is 0.316. The molecule has 122 valence electrons. The van der Waals surface area contributed by atoms with Crippen molar-refractivity contribution in [2.24, 2.45) is 5.92 Å². The Labute approximate surface area is 137 Å². The van der Waals surface area contributed by atoms with Crippen molar-refractivity contribution in [3.63, 3.8) is 0 Å². The van der Waals surface area contributed by atoms with Crippen LogP contribution in [0.2, 0.25) is 0 Å². The van der Waals surface area contributed by atoms with Crippen molar-refractivity contribution >= 4 is 5.97 Å². The fourth-order valence-electron chi connectivity index (χ4n) is 2.61. The van der Waals surface area contributed by atoms with Crippen molar-refractivity contribution in [2.75, 3.05) is 20.7 Å². The summed E-state index contributed by atoms with van der Waals surface area (Å²) in [5.41, 5.74) is 3.33. The van der Waals surface area contributed by atoms with E-state index in [9.17, 15) is 4.79 Å². The molecular formula is C19H23NO3. The second-order valence-electron chi connectivity index (χ2n) is 5.83. The summed E-state index contributed by atoms with van der Waals surface area (Å²) < 4.78 is 5.45. The van der Waals surface area contributed by atoms with E-state index in [1.807, 2.05) is 42.3 Å². The van der Waals surface area contributed by atoms with E-state index < -0.39 is 11.9 Å². The average Bonchev–Trinajstić information content (AvgIpc) is 2.55. The third-order valence-corrected chi connectivity index (χ3v) is 3.83. The standard InChI is InChI=1S/C19H23NO3/c1-14(19(21)22)12-20(2)13-17-11-16(9-10-18(17)23-3)15-7-5-4-6-8-15/h4-11,14H,12-13H2,1-3H3,(H,21,22). The van der Waals surface area contributed by atoms with E-state index >= 15 is 0 Å². The topological polar surface area (TPSA) is 49.8 Å². The van der Waals surface area contributed by atoms with Crippen LogP contribution in [0.25, 0.3) is 11.1 Å². The molecule has 1 unspecified atom stereocenters. The summed E-state index contributed by atoms with van der Waals surface area (Å²) in [5.74, 6) is -0.357. The van der Waals surface area contributed by atoms with Gasteiger partial charge in [0.1, 0.15) is 5.75 Å². The molecule has 0 aliphatic carbocycles. The highest BCUT2D eigenvalue weighted by atomic mass is 16.5. The Bertz CT molecular complexity index is 655. The lowest BCUT2D eigenvalue weighted by Gasteiger charge is -2.21. The molecule has 0 saturated heterocycles. The number of hydrogen-bond acceptors (Lipinski definition) is 3. The molecule has 0 spiro atoms. The number of hydrogen-bond donors (Lipinski definition) is 1. The first-order valence-electron chi connectivity index (χ1n) is 7.65. The van der Waals surface area contributed by atoms with E-state index in [-0.39, 0.29) is 0 Å². The van der Waals surface area contributed by atoms with Crippen LogP contribution < -0.4 is 4.74 Å². The summed E-state index contributed by atoms with van der Waals surface area (Å²) in [6.45, 7) is 2.85. The molecule has 1 N–H and O–H groups in total. The van der Waals surface area contributed by atoms with Crippen LogP contribution >= 0.6 is 0 Å². The smallest absolute Gasteiger partial charge is 0.307 e. The molecule has 2 rings (SSSR count). The highest BCUT2D eigenvalue weighted by Crippen LogP contribution is 2.27. The minimum Gasteiger partial charge on any atom is -0.496 e. The van der Waals surface area contributed by atoms with E-state index in [2.05, 4.69) is 18.2 Å². The zero-order valence-electron chi connectivity index (χ0n) is 13.8. The largest absolute Gasteiger partial charge is 0.496 e. The van der Waals surface area contributed by atoms with Gasteiger partial charge in [0.2, 0.25) is 0 Å². The molecule has 2 aromatic rings. The zero-order chi connectivity index (χ0) is 16.8. The van der Waals surface area contributed by atoms with Crippen molar-refractivity contribution in [1.29, 1.82) is 0 Å². The molecule has 4 nitrogen and oxygen atoms in total. The molecule has 0 aliphatic rings. The van der Waals surface area contributed by atoms with E-state index in [0.717, 1.165) is 22.4 Å². The first kappa shape index (κ1) is 17.0. The van der Waals surface area contributed by atoms with Crippen LogP contribution in [0.1, 0.15) is 12.5 Å². The SMILES string of the molecule is COc1ccc(-c2ccccc2)cc1CN(C)CC(C)C(=O)O. The van der Waals surface area contributed by atoms with Gasteiger partial charge in [0.15, 0.2) is 0 Å². The number of rotatable bonds is 7. The molecule has 4 heteroatoms. The molecule has 0 bridgehead atoms. The lowest BCUT2D eigenvalue weighted by Crippen LogP contribution is -2.28. The van der Waals surface area contributed by atoms with Gasteiger partial charge < -0.3 is 14.7 Å². The highest BCUT2D eigenvalue weighted by Gasteiger charge is 2.15. The van der Waals surface area contributed by atoms with Gasteiger partial charge in [-0.15, -0.1) is 0 Å². The van der Waals surface area contributed by atoms with Crippen LogP contribution in [0.5, 0.6) is 5.75 Å². The third-order valence-electron chi connectivity index (χ3n) is 3.83. The van der Waals surface area contributed by atoms with E-state index in [0.29, 0.717) is 13.1 Å². The van der Waals surface area contributed by atoms with Crippen molar-refractivity contribution in [2.45, 2.75) is 13.5 Å². The predicted molar refractivity (Wildman–Crippen MR) is 91.6 cm³/mol. The molecule has 2 aromatic carbocycles. The van der Waals surface area contributed by atoms with Crippen LogP contribution in [-0.2, 0) is 11.3 Å². The monoisotopic (exact) mass is 313 g/mol. The molecule has 0 heterocycles. The van der Waals surface area contributed by atoms with Gasteiger partial charge in [0, 0.05) is 18.7 Å². The Hall–Kier alpha value is -2.33. The normalized spacial score (nSPS) is 12.2. The summed E-state index contributed by atoms with van der Waals surface area (Å²) >= 11 is 0. The van der Waals surface area contributed by atoms with E-state index in [1.165, 1.54) is 0 Å². The van der Waals surface area contributed by atoms with Gasteiger partial charge in [0.05, 0.1) is 13.0 Å². The van der Waals surface area contributed by atoms with Crippen molar-refractivity contribution in [1.82, 2.24) is 4.90 Å². The summed E-state index contributed by atoms with van der Waals surface area (Å²) in [5, 5.41) is 9.04. The van der Waals surface area contributed by atoms with Crippen LogP contribution in [0, 0.1) is 5.92 Å². The molecule has 0 saturated carbocycles. The van der Waals surface area contributed by atoms with E-state index in [1.54, 1.807) is 14.0 Å². The Morgan fingerprint density at radius 2 is 1.87 bits per heavy atom. The quantitative estimate of drug-likeness (QED) is 0.850. The van der Waals surface area contributed by atoms with E-state index in [4.69, 9.17) is 9.84 Å². The number of carboxylic acids is 1. The second-order valence-corrected chi connectivity index (χ2v) is 5.83. The van der Waals surface area contributed by atoms with Gasteiger partial charge in [-0.25, -0.2) is 0 Å². The van der Waals surface area contributed by atoms with Gasteiger partial charge in [-0.05, 0) is 30.3 Å².